The lowest BCUT2D eigenvalue weighted by Gasteiger charge is -2.15. The summed E-state index contributed by atoms with van der Waals surface area (Å²) in [7, 11) is 0. The van der Waals surface area contributed by atoms with Crippen molar-refractivity contribution in [3.05, 3.63) is 16.1 Å². The molecule has 0 aliphatic heterocycles. The van der Waals surface area contributed by atoms with Gasteiger partial charge < -0.3 is 0 Å². The number of rotatable bonds is 7. The van der Waals surface area contributed by atoms with E-state index in [0.29, 0.717) is 6.04 Å². The summed E-state index contributed by atoms with van der Waals surface area (Å²) >= 11 is 1.75. The third-order valence-electron chi connectivity index (χ3n) is 3.13. The molecule has 18 heavy (non-hydrogen) atoms. The Hall–Kier alpha value is -0.450. The van der Waals surface area contributed by atoms with Gasteiger partial charge in [0.2, 0.25) is 0 Å². The van der Waals surface area contributed by atoms with Gasteiger partial charge in [0, 0.05) is 23.3 Å². The van der Waals surface area contributed by atoms with Crippen LogP contribution >= 0.6 is 11.3 Å². The first-order valence-corrected chi connectivity index (χ1v) is 7.76. The average Bonchev–Trinajstić information content (AvgIpc) is 2.76. The van der Waals surface area contributed by atoms with E-state index in [1.165, 1.54) is 30.0 Å². The van der Waals surface area contributed by atoms with Crippen molar-refractivity contribution >= 4 is 11.3 Å². The molecule has 1 unspecified atom stereocenters. The summed E-state index contributed by atoms with van der Waals surface area (Å²) < 4.78 is 0. The minimum absolute atomic E-state index is 0.141. The van der Waals surface area contributed by atoms with E-state index in [1.54, 1.807) is 11.3 Å². The number of unbranched alkanes of at least 4 members (excludes halogenated alkanes) is 2. The molecule has 0 aromatic carbocycles. The fraction of sp³-hybridized carbons (Fsp3) is 0.786. The molecule has 1 atom stereocenters. The van der Waals surface area contributed by atoms with Gasteiger partial charge in [-0.15, -0.1) is 11.3 Å². The highest BCUT2D eigenvalue weighted by Gasteiger charge is 2.18. The van der Waals surface area contributed by atoms with Gasteiger partial charge in [-0.1, -0.05) is 47.0 Å². The lowest BCUT2D eigenvalue weighted by molar-refractivity contribution is 0.464. The predicted molar refractivity (Wildman–Crippen MR) is 79.8 cm³/mol. The van der Waals surface area contributed by atoms with E-state index in [1.807, 2.05) is 0 Å². The van der Waals surface area contributed by atoms with Crippen molar-refractivity contribution < 1.29 is 0 Å². The summed E-state index contributed by atoms with van der Waals surface area (Å²) in [4.78, 5) is 4.72. The zero-order valence-corrected chi connectivity index (χ0v) is 12.9. The highest BCUT2D eigenvalue weighted by Crippen LogP contribution is 2.24. The molecule has 104 valence electrons. The number of thiazole rings is 1. The molecule has 1 heterocycles. The third kappa shape index (κ3) is 5.04. The molecule has 4 heteroatoms. The number of hydrogen-bond donors (Lipinski definition) is 2. The third-order valence-corrected chi connectivity index (χ3v) is 4.00. The fourth-order valence-corrected chi connectivity index (χ4v) is 2.95. The van der Waals surface area contributed by atoms with E-state index in [9.17, 15) is 0 Å². The van der Waals surface area contributed by atoms with Crippen molar-refractivity contribution in [1.29, 1.82) is 0 Å². The minimum atomic E-state index is 0.141. The van der Waals surface area contributed by atoms with Gasteiger partial charge in [0.05, 0.1) is 10.7 Å². The first kappa shape index (κ1) is 15.6. The molecule has 3 N–H and O–H groups in total. The van der Waals surface area contributed by atoms with E-state index in [0.717, 1.165) is 12.8 Å². The standard InChI is InChI=1S/C14H27N3S/c1-5-6-7-8-11(17-15)9-13-16-12(10-18-13)14(2,3)4/h10-11,17H,5-9,15H2,1-4H3. The lowest BCUT2D eigenvalue weighted by atomic mass is 9.93. The van der Waals surface area contributed by atoms with Crippen LogP contribution in [-0.4, -0.2) is 11.0 Å². The molecule has 0 spiro atoms. The van der Waals surface area contributed by atoms with Crippen LogP contribution in [-0.2, 0) is 11.8 Å². The quantitative estimate of drug-likeness (QED) is 0.453. The molecule has 3 nitrogen and oxygen atoms in total. The molecule has 1 aromatic heterocycles. The molecule has 0 aliphatic rings. The van der Waals surface area contributed by atoms with Crippen LogP contribution in [0.25, 0.3) is 0 Å². The zero-order chi connectivity index (χ0) is 13.6. The second kappa shape index (κ2) is 7.22. The summed E-state index contributed by atoms with van der Waals surface area (Å²) in [5.41, 5.74) is 4.25. The van der Waals surface area contributed by atoms with Crippen LogP contribution in [0.1, 0.15) is 64.1 Å². The van der Waals surface area contributed by atoms with E-state index >= 15 is 0 Å². The Morgan fingerprint density at radius 3 is 2.61 bits per heavy atom. The van der Waals surface area contributed by atoms with Gasteiger partial charge in [0.25, 0.3) is 0 Å². The molecule has 0 amide bonds. The summed E-state index contributed by atoms with van der Waals surface area (Å²) in [6, 6.07) is 0.357. The summed E-state index contributed by atoms with van der Waals surface area (Å²) in [6.45, 7) is 8.82. The normalized spacial score (nSPS) is 13.8. The molecule has 0 aliphatic carbocycles. The van der Waals surface area contributed by atoms with Gasteiger partial charge in [-0.05, 0) is 6.42 Å². The SMILES string of the molecule is CCCCCC(Cc1nc(C(C)(C)C)cs1)NN. The van der Waals surface area contributed by atoms with Gasteiger partial charge in [-0.25, -0.2) is 4.98 Å². The fourth-order valence-electron chi connectivity index (χ4n) is 1.84. The maximum Gasteiger partial charge on any atom is 0.0944 e. The molecular formula is C14H27N3S. The zero-order valence-electron chi connectivity index (χ0n) is 12.1. The summed E-state index contributed by atoms with van der Waals surface area (Å²) in [6.07, 6.45) is 5.85. The second-order valence-corrected chi connectivity index (χ2v) is 6.88. The Kier molecular flexibility index (Phi) is 6.26. The van der Waals surface area contributed by atoms with Crippen LogP contribution in [0.4, 0.5) is 0 Å². The average molecular weight is 269 g/mol. The number of aromatic nitrogens is 1. The smallest absolute Gasteiger partial charge is 0.0944 e. The first-order chi connectivity index (χ1) is 8.47. The second-order valence-electron chi connectivity index (χ2n) is 5.94. The van der Waals surface area contributed by atoms with Gasteiger partial charge in [0.1, 0.15) is 0 Å². The summed E-state index contributed by atoms with van der Waals surface area (Å²) in [5.74, 6) is 5.62. The number of nitrogens with one attached hydrogen (secondary N) is 1. The molecule has 1 aromatic rings. The molecule has 0 radical (unpaired) electrons. The van der Waals surface area contributed by atoms with Crippen molar-refractivity contribution in [1.82, 2.24) is 10.4 Å². The molecule has 1 rings (SSSR count). The first-order valence-electron chi connectivity index (χ1n) is 6.88. The number of hydrazine groups is 1. The van der Waals surface area contributed by atoms with Crippen LogP contribution < -0.4 is 11.3 Å². The molecule has 0 bridgehead atoms. The van der Waals surface area contributed by atoms with Crippen molar-refractivity contribution in [2.75, 3.05) is 0 Å². The number of nitrogens with two attached hydrogens (primary N) is 1. The maximum atomic E-state index is 5.62. The Labute approximate surface area is 115 Å². The Balaban J connectivity index is 2.51. The molecule has 0 saturated heterocycles. The monoisotopic (exact) mass is 269 g/mol. The van der Waals surface area contributed by atoms with Crippen LogP contribution in [0, 0.1) is 0 Å². The minimum Gasteiger partial charge on any atom is -0.271 e. The van der Waals surface area contributed by atoms with E-state index in [4.69, 9.17) is 10.8 Å². The van der Waals surface area contributed by atoms with Crippen molar-refractivity contribution in [3.8, 4) is 0 Å². The number of nitrogens with zero attached hydrogens (tertiary/aromatic N) is 1. The van der Waals surface area contributed by atoms with Crippen molar-refractivity contribution in [3.63, 3.8) is 0 Å². The Bertz CT molecular complexity index is 341. The van der Waals surface area contributed by atoms with Crippen LogP contribution in [0.15, 0.2) is 5.38 Å². The number of hydrogen-bond acceptors (Lipinski definition) is 4. The highest BCUT2D eigenvalue weighted by atomic mass is 32.1. The van der Waals surface area contributed by atoms with Gasteiger partial charge in [-0.2, -0.15) is 0 Å². The largest absolute Gasteiger partial charge is 0.271 e. The molecular weight excluding hydrogens is 242 g/mol. The van der Waals surface area contributed by atoms with Crippen molar-refractivity contribution in [2.24, 2.45) is 5.84 Å². The molecule has 0 saturated carbocycles. The topological polar surface area (TPSA) is 50.9 Å². The van der Waals surface area contributed by atoms with Crippen LogP contribution in [0.2, 0.25) is 0 Å². The maximum absolute atomic E-state index is 5.62. The lowest BCUT2D eigenvalue weighted by Crippen LogP contribution is -2.36. The highest BCUT2D eigenvalue weighted by molar-refractivity contribution is 7.09. The van der Waals surface area contributed by atoms with E-state index in [-0.39, 0.29) is 5.41 Å². The molecule has 0 fully saturated rings. The predicted octanol–water partition coefficient (Wildman–Crippen LogP) is 3.40. The van der Waals surface area contributed by atoms with Gasteiger partial charge in [0.15, 0.2) is 0 Å². The van der Waals surface area contributed by atoms with E-state index in [2.05, 4.69) is 38.5 Å². The van der Waals surface area contributed by atoms with Gasteiger partial charge in [-0.3, -0.25) is 11.3 Å². The van der Waals surface area contributed by atoms with E-state index < -0.39 is 0 Å². The van der Waals surface area contributed by atoms with Crippen LogP contribution in [0.3, 0.4) is 0 Å². The Morgan fingerprint density at radius 2 is 2.11 bits per heavy atom. The Morgan fingerprint density at radius 1 is 1.39 bits per heavy atom. The van der Waals surface area contributed by atoms with Crippen LogP contribution in [0.5, 0.6) is 0 Å². The van der Waals surface area contributed by atoms with Gasteiger partial charge >= 0.3 is 0 Å². The summed E-state index contributed by atoms with van der Waals surface area (Å²) in [5, 5.41) is 3.37. The van der Waals surface area contributed by atoms with Crippen molar-refractivity contribution in [2.45, 2.75) is 71.3 Å².